The molecule has 1 amide bonds. The number of carboxylic acids is 1. The molecule has 1 N–H and O–H groups in total. The van der Waals surface area contributed by atoms with E-state index >= 15 is 0 Å². The van der Waals surface area contributed by atoms with E-state index in [1.54, 1.807) is 12.1 Å². The summed E-state index contributed by atoms with van der Waals surface area (Å²) in [5.74, 6) is 0.688. The number of amides is 1. The van der Waals surface area contributed by atoms with Gasteiger partial charge in [0, 0.05) is 11.1 Å². The lowest BCUT2D eigenvalue weighted by molar-refractivity contribution is -0.142. The molecule has 0 spiro atoms. The third-order valence-corrected chi connectivity index (χ3v) is 2.94. The lowest BCUT2D eigenvalue weighted by Gasteiger charge is -2.15. The largest absolute Gasteiger partial charge is 0.480 e. The molecule has 0 unspecified atom stereocenters. The first-order chi connectivity index (χ1) is 9.43. The van der Waals surface area contributed by atoms with Crippen LogP contribution in [0, 0.1) is 19.3 Å². The Kier molecular flexibility index (Phi) is 5.82. The normalized spacial score (nSPS) is 10.2. The lowest BCUT2D eigenvalue weighted by Crippen LogP contribution is -2.34. The van der Waals surface area contributed by atoms with Crippen LogP contribution in [-0.4, -0.2) is 35.0 Å². The van der Waals surface area contributed by atoms with Crippen LogP contribution in [0.4, 0.5) is 0 Å². The molecule has 0 aliphatic rings. The summed E-state index contributed by atoms with van der Waals surface area (Å²) >= 11 is 5.98. The quantitative estimate of drug-likeness (QED) is 0.668. The molecular weight excluding hydrogens is 278 g/mol. The topological polar surface area (TPSA) is 57.6 Å². The average molecular weight is 292 g/mol. The number of halogens is 1. The highest BCUT2D eigenvalue weighted by Crippen LogP contribution is 2.17. The predicted octanol–water partition coefficient (Wildman–Crippen LogP) is 2.21. The fourth-order valence-corrected chi connectivity index (χ4v) is 1.66. The summed E-state index contributed by atoms with van der Waals surface area (Å²) in [6.07, 6.45) is 7.96. The third kappa shape index (κ3) is 4.79. The van der Waals surface area contributed by atoms with E-state index in [1.165, 1.54) is 6.08 Å². The van der Waals surface area contributed by atoms with E-state index in [9.17, 15) is 9.59 Å². The van der Waals surface area contributed by atoms with E-state index in [-0.39, 0.29) is 6.54 Å². The molecule has 0 saturated heterocycles. The van der Waals surface area contributed by atoms with Crippen molar-refractivity contribution in [3.63, 3.8) is 0 Å². The number of hydrogen-bond acceptors (Lipinski definition) is 2. The predicted molar refractivity (Wildman–Crippen MR) is 78.3 cm³/mol. The zero-order valence-electron chi connectivity index (χ0n) is 11.0. The highest BCUT2D eigenvalue weighted by atomic mass is 35.5. The molecule has 0 heterocycles. The van der Waals surface area contributed by atoms with Crippen LogP contribution < -0.4 is 0 Å². The van der Waals surface area contributed by atoms with Crippen LogP contribution in [0.1, 0.15) is 11.1 Å². The van der Waals surface area contributed by atoms with Gasteiger partial charge in [0.25, 0.3) is 0 Å². The van der Waals surface area contributed by atoms with E-state index in [0.29, 0.717) is 5.02 Å². The molecule has 4 nitrogen and oxygen atoms in total. The summed E-state index contributed by atoms with van der Waals surface area (Å²) < 4.78 is 0. The van der Waals surface area contributed by atoms with Gasteiger partial charge >= 0.3 is 5.97 Å². The van der Waals surface area contributed by atoms with Crippen LogP contribution >= 0.6 is 11.6 Å². The van der Waals surface area contributed by atoms with Crippen LogP contribution in [-0.2, 0) is 9.59 Å². The number of nitrogens with zero attached hydrogens (tertiary/aromatic N) is 1. The molecule has 0 saturated carbocycles. The Bertz CT molecular complexity index is 587. The third-order valence-electron chi connectivity index (χ3n) is 2.53. The van der Waals surface area contributed by atoms with Gasteiger partial charge in [-0.3, -0.25) is 9.59 Å². The second-order valence-electron chi connectivity index (χ2n) is 4.13. The number of rotatable bonds is 5. The summed E-state index contributed by atoms with van der Waals surface area (Å²) in [5.41, 5.74) is 1.69. The molecule has 0 bridgehead atoms. The van der Waals surface area contributed by atoms with E-state index in [2.05, 4.69) is 5.92 Å². The number of carboxylic acid groups (broad SMARTS) is 1. The molecule has 0 aliphatic heterocycles. The van der Waals surface area contributed by atoms with Crippen LogP contribution in [0.2, 0.25) is 5.02 Å². The molecule has 1 rings (SSSR count). The lowest BCUT2D eigenvalue weighted by atomic mass is 10.1. The zero-order chi connectivity index (χ0) is 15.1. The number of hydrogen-bond donors (Lipinski definition) is 1. The maximum absolute atomic E-state index is 11.8. The Labute approximate surface area is 122 Å². The van der Waals surface area contributed by atoms with Crippen LogP contribution in [0.5, 0.6) is 0 Å². The Hall–Kier alpha value is -2.25. The van der Waals surface area contributed by atoms with Crippen molar-refractivity contribution >= 4 is 29.6 Å². The summed E-state index contributed by atoms with van der Waals surface area (Å²) in [6.45, 7) is 1.40. The maximum Gasteiger partial charge on any atom is 0.323 e. The molecule has 0 aromatic heterocycles. The van der Waals surface area contributed by atoms with Crippen molar-refractivity contribution in [3.8, 4) is 12.3 Å². The van der Waals surface area contributed by atoms with Crippen molar-refractivity contribution in [1.82, 2.24) is 4.90 Å². The molecule has 0 aliphatic carbocycles. The van der Waals surface area contributed by atoms with Gasteiger partial charge < -0.3 is 10.0 Å². The molecule has 1 aromatic rings. The van der Waals surface area contributed by atoms with E-state index in [0.717, 1.165) is 16.0 Å². The van der Waals surface area contributed by atoms with Gasteiger partial charge in [0.2, 0.25) is 5.91 Å². The molecule has 104 valence electrons. The van der Waals surface area contributed by atoms with E-state index < -0.39 is 18.4 Å². The van der Waals surface area contributed by atoms with E-state index in [1.807, 2.05) is 19.1 Å². The second kappa shape index (κ2) is 7.37. The molecule has 5 heteroatoms. The van der Waals surface area contributed by atoms with Crippen molar-refractivity contribution < 1.29 is 14.7 Å². The summed E-state index contributed by atoms with van der Waals surface area (Å²) in [5, 5.41) is 9.31. The monoisotopic (exact) mass is 291 g/mol. The van der Waals surface area contributed by atoms with Gasteiger partial charge in [-0.2, -0.15) is 0 Å². The molecule has 0 fully saturated rings. The van der Waals surface area contributed by atoms with Crippen LogP contribution in [0.3, 0.4) is 0 Å². The SMILES string of the molecule is C#CCN(CC(=O)O)C(=O)C=Cc1ccc(C)c(Cl)c1. The highest BCUT2D eigenvalue weighted by Gasteiger charge is 2.12. The van der Waals surface area contributed by atoms with Gasteiger partial charge in [-0.15, -0.1) is 6.42 Å². The smallest absolute Gasteiger partial charge is 0.323 e. The van der Waals surface area contributed by atoms with Gasteiger partial charge in [0.05, 0.1) is 6.54 Å². The fraction of sp³-hybridized carbons (Fsp3) is 0.200. The molecule has 0 atom stereocenters. The summed E-state index contributed by atoms with van der Waals surface area (Å²) in [4.78, 5) is 23.5. The number of aliphatic carboxylic acids is 1. The first kappa shape index (κ1) is 15.8. The average Bonchev–Trinajstić information content (AvgIpc) is 2.39. The Morgan fingerprint density at radius 2 is 2.20 bits per heavy atom. The standard InChI is InChI=1S/C15H14ClNO3/c1-3-8-17(10-15(19)20)14(18)7-6-12-5-4-11(2)13(16)9-12/h1,4-7,9H,8,10H2,2H3,(H,19,20). The van der Waals surface area contributed by atoms with Crippen LogP contribution in [0.25, 0.3) is 6.08 Å². The minimum atomic E-state index is -1.11. The summed E-state index contributed by atoms with van der Waals surface area (Å²) in [6, 6.07) is 5.38. The van der Waals surface area contributed by atoms with Crippen molar-refractivity contribution in [3.05, 3.63) is 40.4 Å². The molecule has 20 heavy (non-hydrogen) atoms. The molecule has 0 radical (unpaired) electrons. The van der Waals surface area contributed by atoms with Crippen molar-refractivity contribution in [2.24, 2.45) is 0 Å². The minimum Gasteiger partial charge on any atom is -0.480 e. The van der Waals surface area contributed by atoms with Gasteiger partial charge in [0.15, 0.2) is 0 Å². The zero-order valence-corrected chi connectivity index (χ0v) is 11.7. The van der Waals surface area contributed by atoms with Gasteiger partial charge in [-0.25, -0.2) is 0 Å². The van der Waals surface area contributed by atoms with Crippen molar-refractivity contribution in [2.45, 2.75) is 6.92 Å². The number of benzene rings is 1. The number of terminal acetylenes is 1. The Morgan fingerprint density at radius 3 is 2.75 bits per heavy atom. The number of carbonyl (C=O) groups is 2. The number of carbonyl (C=O) groups excluding carboxylic acids is 1. The first-order valence-electron chi connectivity index (χ1n) is 5.82. The first-order valence-corrected chi connectivity index (χ1v) is 6.20. The molecular formula is C15H14ClNO3. The van der Waals surface area contributed by atoms with Gasteiger partial charge in [0.1, 0.15) is 6.54 Å². The maximum atomic E-state index is 11.8. The molecule has 1 aromatic carbocycles. The van der Waals surface area contributed by atoms with Gasteiger partial charge in [-0.1, -0.05) is 29.7 Å². The Balaban J connectivity index is 2.81. The van der Waals surface area contributed by atoms with E-state index in [4.69, 9.17) is 23.1 Å². The Morgan fingerprint density at radius 1 is 1.50 bits per heavy atom. The highest BCUT2D eigenvalue weighted by molar-refractivity contribution is 6.31. The fourth-order valence-electron chi connectivity index (χ4n) is 1.47. The second-order valence-corrected chi connectivity index (χ2v) is 4.54. The minimum absolute atomic E-state index is 0.0515. The van der Waals surface area contributed by atoms with Gasteiger partial charge in [-0.05, 0) is 30.2 Å². The number of aryl methyl sites for hydroxylation is 1. The van der Waals surface area contributed by atoms with Crippen LogP contribution in [0.15, 0.2) is 24.3 Å². The van der Waals surface area contributed by atoms with Crippen molar-refractivity contribution in [1.29, 1.82) is 0 Å². The van der Waals surface area contributed by atoms with Crippen molar-refractivity contribution in [2.75, 3.05) is 13.1 Å². The summed E-state index contributed by atoms with van der Waals surface area (Å²) in [7, 11) is 0.